The molecule has 1 aromatic carbocycles. The quantitative estimate of drug-likeness (QED) is 0.741. The van der Waals surface area contributed by atoms with Gasteiger partial charge >= 0.3 is 0 Å². The third-order valence-corrected chi connectivity index (χ3v) is 1.75. The molecule has 0 saturated carbocycles. The average Bonchev–Trinajstić information content (AvgIpc) is 2.17. The van der Waals surface area contributed by atoms with Gasteiger partial charge in [0.15, 0.2) is 0 Å². The number of halogens is 1. The molecule has 0 fully saturated rings. The van der Waals surface area contributed by atoms with Crippen LogP contribution in [0.5, 0.6) is 0 Å². The number of aliphatic hydroxyl groups is 1. The fourth-order valence-corrected chi connectivity index (χ4v) is 0.922. The van der Waals surface area contributed by atoms with Gasteiger partial charge in [-0.2, -0.15) is 0 Å². The molecule has 2 heteroatoms. The van der Waals surface area contributed by atoms with Crippen LogP contribution in [-0.2, 0) is 0 Å². The highest BCUT2D eigenvalue weighted by atomic mass is 35.5. The van der Waals surface area contributed by atoms with E-state index in [2.05, 4.69) is 6.92 Å². The Labute approximate surface area is 85.4 Å². The van der Waals surface area contributed by atoms with Crippen molar-refractivity contribution in [1.82, 2.24) is 0 Å². The molecule has 0 unspecified atom stereocenters. The van der Waals surface area contributed by atoms with Crippen LogP contribution in [0.4, 0.5) is 0 Å². The van der Waals surface area contributed by atoms with Gasteiger partial charge < -0.3 is 5.11 Å². The van der Waals surface area contributed by atoms with Gasteiger partial charge in [0.1, 0.15) is 0 Å². The molecule has 0 bridgehead atoms. The fourth-order valence-electron chi connectivity index (χ4n) is 0.776. The molecule has 0 aliphatic heterocycles. The van der Waals surface area contributed by atoms with E-state index in [1.165, 1.54) is 6.42 Å². The molecule has 0 spiro atoms. The summed E-state index contributed by atoms with van der Waals surface area (Å²) >= 11 is 5.54. The normalized spacial score (nSPS) is 8.85. The predicted octanol–water partition coefficient (Wildman–Crippen LogP) is 3.51. The van der Waals surface area contributed by atoms with Crippen LogP contribution in [0, 0.1) is 0 Å². The molecule has 0 atom stereocenters. The Morgan fingerprint density at radius 2 is 1.77 bits per heavy atom. The van der Waals surface area contributed by atoms with E-state index in [0.717, 1.165) is 17.9 Å². The van der Waals surface area contributed by atoms with Crippen molar-refractivity contribution in [1.29, 1.82) is 0 Å². The zero-order chi connectivity index (χ0) is 9.94. The van der Waals surface area contributed by atoms with Gasteiger partial charge in [0.25, 0.3) is 0 Å². The lowest BCUT2D eigenvalue weighted by atomic mass is 10.3. The summed E-state index contributed by atoms with van der Waals surface area (Å²) in [7, 11) is 0. The largest absolute Gasteiger partial charge is 0.396 e. The van der Waals surface area contributed by atoms with Crippen molar-refractivity contribution < 1.29 is 5.11 Å². The summed E-state index contributed by atoms with van der Waals surface area (Å²) in [5, 5.41) is 8.99. The first-order chi connectivity index (χ1) is 6.31. The summed E-state index contributed by atoms with van der Waals surface area (Å²) in [6.45, 7) is 2.48. The van der Waals surface area contributed by atoms with E-state index < -0.39 is 0 Å². The monoisotopic (exact) mass is 200 g/mol. The Kier molecular flexibility index (Phi) is 9.17. The van der Waals surface area contributed by atoms with Crippen molar-refractivity contribution in [2.45, 2.75) is 26.2 Å². The average molecular weight is 201 g/mol. The van der Waals surface area contributed by atoms with Crippen molar-refractivity contribution in [3.63, 3.8) is 0 Å². The molecule has 0 amide bonds. The summed E-state index contributed by atoms with van der Waals surface area (Å²) in [5.74, 6) is 0. The van der Waals surface area contributed by atoms with Crippen LogP contribution in [0.1, 0.15) is 26.2 Å². The lowest BCUT2D eigenvalue weighted by Gasteiger charge is -1.85. The molecule has 13 heavy (non-hydrogen) atoms. The molecule has 0 aliphatic rings. The summed E-state index contributed by atoms with van der Waals surface area (Å²) in [4.78, 5) is 0. The molecule has 0 radical (unpaired) electrons. The standard InChI is InChI=1S/C6H5Cl.C5H12O/c7-6-4-2-1-3-5-6;1-2-3-4-5-6/h1-5H;6H,2-5H2,1H3. The number of rotatable bonds is 3. The molecular formula is C11H17ClO. The van der Waals surface area contributed by atoms with Gasteiger partial charge in [-0.15, -0.1) is 0 Å². The Balaban J connectivity index is 0.000000226. The Morgan fingerprint density at radius 3 is 2.00 bits per heavy atom. The number of hydrogen-bond donors (Lipinski definition) is 1. The van der Waals surface area contributed by atoms with Crippen LogP contribution < -0.4 is 0 Å². The van der Waals surface area contributed by atoms with Crippen molar-refractivity contribution in [2.24, 2.45) is 0 Å². The summed E-state index contributed by atoms with van der Waals surface area (Å²) in [6, 6.07) is 9.44. The minimum atomic E-state index is 0.355. The second-order valence-corrected chi connectivity index (χ2v) is 3.16. The second-order valence-electron chi connectivity index (χ2n) is 2.73. The maximum Gasteiger partial charge on any atom is 0.0431 e. The molecule has 1 nitrogen and oxygen atoms in total. The third kappa shape index (κ3) is 9.38. The van der Waals surface area contributed by atoms with Gasteiger partial charge in [0.2, 0.25) is 0 Å². The molecular weight excluding hydrogens is 184 g/mol. The highest BCUT2D eigenvalue weighted by Gasteiger charge is 1.76. The summed E-state index contributed by atoms with van der Waals surface area (Å²) in [6.07, 6.45) is 3.33. The van der Waals surface area contributed by atoms with E-state index in [1.807, 2.05) is 30.3 Å². The van der Waals surface area contributed by atoms with Gasteiger partial charge in [-0.25, -0.2) is 0 Å². The number of benzene rings is 1. The minimum Gasteiger partial charge on any atom is -0.396 e. The zero-order valence-electron chi connectivity index (χ0n) is 8.04. The highest BCUT2D eigenvalue weighted by molar-refractivity contribution is 6.30. The molecule has 0 heterocycles. The number of hydrogen-bond acceptors (Lipinski definition) is 1. The van der Waals surface area contributed by atoms with Gasteiger partial charge in [-0.05, 0) is 18.6 Å². The molecule has 0 aliphatic carbocycles. The van der Waals surface area contributed by atoms with Crippen LogP contribution in [0.3, 0.4) is 0 Å². The van der Waals surface area contributed by atoms with Gasteiger partial charge in [-0.3, -0.25) is 0 Å². The van der Waals surface area contributed by atoms with Crippen LogP contribution in [0.25, 0.3) is 0 Å². The number of unbranched alkanes of at least 4 members (excludes halogenated alkanes) is 2. The topological polar surface area (TPSA) is 20.2 Å². The Hall–Kier alpha value is -0.530. The van der Waals surface area contributed by atoms with Crippen molar-refractivity contribution >= 4 is 11.6 Å². The predicted molar refractivity (Wildman–Crippen MR) is 58.1 cm³/mol. The maximum atomic E-state index is 8.20. The summed E-state index contributed by atoms with van der Waals surface area (Å²) in [5.41, 5.74) is 0. The van der Waals surface area contributed by atoms with Gasteiger partial charge in [0, 0.05) is 11.6 Å². The van der Waals surface area contributed by atoms with Crippen molar-refractivity contribution in [3.8, 4) is 0 Å². The van der Waals surface area contributed by atoms with E-state index in [1.54, 1.807) is 0 Å². The van der Waals surface area contributed by atoms with Crippen molar-refractivity contribution in [3.05, 3.63) is 35.4 Å². The highest BCUT2D eigenvalue weighted by Crippen LogP contribution is 2.03. The van der Waals surface area contributed by atoms with Crippen LogP contribution in [-0.4, -0.2) is 11.7 Å². The van der Waals surface area contributed by atoms with Crippen LogP contribution in [0.2, 0.25) is 5.02 Å². The molecule has 1 rings (SSSR count). The maximum absolute atomic E-state index is 8.20. The third-order valence-electron chi connectivity index (χ3n) is 1.49. The molecule has 74 valence electrons. The van der Waals surface area contributed by atoms with Crippen LogP contribution in [0.15, 0.2) is 30.3 Å². The smallest absolute Gasteiger partial charge is 0.0431 e. The van der Waals surface area contributed by atoms with Gasteiger partial charge in [-0.1, -0.05) is 49.6 Å². The molecule has 1 aromatic rings. The SMILES string of the molecule is CCCCCO.Clc1ccccc1. The lowest BCUT2D eigenvalue weighted by molar-refractivity contribution is 0.284. The lowest BCUT2D eigenvalue weighted by Crippen LogP contribution is -1.78. The first-order valence-corrected chi connectivity index (χ1v) is 5.00. The fraction of sp³-hybridized carbons (Fsp3) is 0.455. The first kappa shape index (κ1) is 12.5. The van der Waals surface area contributed by atoms with E-state index in [9.17, 15) is 0 Å². The van der Waals surface area contributed by atoms with Gasteiger partial charge in [0.05, 0.1) is 0 Å². The first-order valence-electron chi connectivity index (χ1n) is 4.62. The second kappa shape index (κ2) is 9.56. The molecule has 0 aromatic heterocycles. The van der Waals surface area contributed by atoms with E-state index in [4.69, 9.17) is 16.7 Å². The zero-order valence-corrected chi connectivity index (χ0v) is 8.80. The van der Waals surface area contributed by atoms with E-state index >= 15 is 0 Å². The minimum absolute atomic E-state index is 0.355. The van der Waals surface area contributed by atoms with Crippen LogP contribution >= 0.6 is 11.6 Å². The molecule has 0 saturated heterocycles. The van der Waals surface area contributed by atoms with E-state index in [-0.39, 0.29) is 0 Å². The molecule has 1 N–H and O–H groups in total. The number of aliphatic hydroxyl groups excluding tert-OH is 1. The Bertz CT molecular complexity index is 183. The van der Waals surface area contributed by atoms with Crippen molar-refractivity contribution in [2.75, 3.05) is 6.61 Å². The summed E-state index contributed by atoms with van der Waals surface area (Å²) < 4.78 is 0. The Morgan fingerprint density at radius 1 is 1.15 bits per heavy atom. The van der Waals surface area contributed by atoms with E-state index in [0.29, 0.717) is 6.61 Å².